The Kier molecular flexibility index (Phi) is 36200. The minimum atomic E-state index is 0. The highest BCUT2D eigenvalue weighted by molar-refractivity contribution is 8.93. The van der Waals surface area contributed by atoms with Gasteiger partial charge in [0.15, 0.2) is 0 Å². The zero-order valence-corrected chi connectivity index (χ0v) is 3.10. The Labute approximate surface area is 32.1 Å². The van der Waals surface area contributed by atoms with E-state index in [-0.39, 0.29) is 31.1 Å². The third-order valence-electron chi connectivity index (χ3n) is 0. The van der Waals surface area contributed by atoms with E-state index in [4.69, 9.17) is 0 Å². The molecule has 0 fully saturated rings. The number of rotatable bonds is 0. The smallest absolute Gasteiger partial charge is 0 e. The van der Waals surface area contributed by atoms with Crippen LogP contribution in [0, 0.1) is 0 Å². The summed E-state index contributed by atoms with van der Waals surface area (Å²) in [5, 5.41) is 0. The molecule has 0 heterocycles. The van der Waals surface area contributed by atoms with Gasteiger partial charge in [0.05, 0.1) is 0 Å². The molecule has 0 rings (SSSR count). The van der Waals surface area contributed by atoms with Gasteiger partial charge in [-0.3, -0.25) is 0 Å². The summed E-state index contributed by atoms with van der Waals surface area (Å²) in [5.74, 6) is 0. The van der Waals surface area contributed by atoms with Gasteiger partial charge in [0.25, 0.3) is 0 Å². The summed E-state index contributed by atoms with van der Waals surface area (Å²) in [6, 6.07) is 0. The first kappa shape index (κ1) is 626. The summed E-state index contributed by atoms with van der Waals surface area (Å²) in [4.78, 5) is 0. The van der Waals surface area contributed by atoms with Crippen molar-refractivity contribution in [2.75, 3.05) is 0 Å². The van der Waals surface area contributed by atoms with Gasteiger partial charge in [-0.2, -0.15) is 0 Å². The maximum absolute atomic E-state index is 0. The first-order valence-corrected chi connectivity index (χ1v) is 0. The summed E-state index contributed by atoms with van der Waals surface area (Å²) in [6.07, 6.45) is 0. The largest absolute Gasteiger partial charge is 1.00 e. The first-order valence-electron chi connectivity index (χ1n) is 0. The van der Waals surface area contributed by atoms with Crippen LogP contribution in [-0.2, 0) is 0 Å². The van der Waals surface area contributed by atoms with Gasteiger partial charge in [0.2, 0.25) is 0 Å². The second kappa shape index (κ2) is 231. The molecule has 0 N–H and O–H groups in total. The fourth-order valence-electron chi connectivity index (χ4n) is 0. The molecule has 4 heavy (non-hydrogen) atoms. The Morgan fingerprint density at radius 2 is 0.500 bits per heavy atom. The summed E-state index contributed by atoms with van der Waals surface area (Å²) in [6.45, 7) is 0. The number of hydrogen-bond acceptors (Lipinski definition) is 0. The van der Waals surface area contributed by atoms with Gasteiger partial charge >= 0.3 is 0 Å². The summed E-state index contributed by atoms with van der Waals surface area (Å²) in [7, 11) is 0. The average molecular weight is 137 g/mol. The Morgan fingerprint density at radius 1 is 0.500 bits per heavy atom. The molecule has 0 aliphatic heterocycles. The molecule has 0 saturated heterocycles. The lowest BCUT2D eigenvalue weighted by Crippen LogP contribution is -3.00. The van der Waals surface area contributed by atoms with Crippen molar-refractivity contribution >= 4 is 17.0 Å². The van der Waals surface area contributed by atoms with Crippen LogP contribution in [0.1, 0.15) is 0 Å². The van der Waals surface area contributed by atoms with Crippen molar-refractivity contribution in [3.8, 4) is 0 Å². The molecule has 0 nitrogen and oxygen atoms in total. The van der Waals surface area contributed by atoms with Crippen molar-refractivity contribution in [2.45, 2.75) is 0 Å². The molecule has 0 aromatic carbocycles. The summed E-state index contributed by atoms with van der Waals surface area (Å²) < 4.78 is 0. The maximum Gasteiger partial charge on any atom is 0 e. The van der Waals surface area contributed by atoms with Crippen LogP contribution in [0.5, 0.6) is 0 Å². The lowest BCUT2D eigenvalue weighted by Gasteiger charge is -1.00. The molecule has 0 aliphatic carbocycles. The van der Waals surface area contributed by atoms with E-state index in [1.807, 2.05) is 0 Å². The number of hydrogen-bond donors (Lipinski definition) is 0. The standard InChI is InChI=1S/Br.3FH/h;3*1H/p-3. The zero-order chi connectivity index (χ0) is 0. The van der Waals surface area contributed by atoms with E-state index < -0.39 is 0 Å². The third-order valence-corrected chi connectivity index (χ3v) is 0. The Bertz CT molecular complexity index is 3.25. The molecule has 0 aromatic heterocycles. The monoisotopic (exact) mass is 136 g/mol. The fraction of sp³-hybridized carbons (Fsp3) is 0. The van der Waals surface area contributed by atoms with E-state index in [2.05, 4.69) is 0 Å². The first-order chi connectivity index (χ1) is 0. The average Bonchev–Trinajstić information content (AvgIpc) is 0. The third kappa shape index (κ3) is 50.2. The quantitative estimate of drug-likeness (QED) is 0.311. The van der Waals surface area contributed by atoms with E-state index in [9.17, 15) is 0 Å². The SMILES string of the molecule is [Br].[F-].[F-].[F-]. The van der Waals surface area contributed by atoms with Crippen LogP contribution in [0.15, 0.2) is 0 Å². The molecule has 0 saturated carbocycles. The van der Waals surface area contributed by atoms with Crippen LogP contribution in [0.25, 0.3) is 0 Å². The molecule has 0 aromatic rings. The van der Waals surface area contributed by atoms with E-state index in [0.717, 1.165) is 0 Å². The second-order valence-electron chi connectivity index (χ2n) is 0. The van der Waals surface area contributed by atoms with Gasteiger partial charge in [0.1, 0.15) is 0 Å². The Balaban J connectivity index is 0. The summed E-state index contributed by atoms with van der Waals surface area (Å²) in [5.41, 5.74) is 0. The van der Waals surface area contributed by atoms with Crippen LogP contribution in [0.2, 0.25) is 0 Å². The molecule has 31 valence electrons. The van der Waals surface area contributed by atoms with Gasteiger partial charge in [-0.15, -0.1) is 0 Å². The molecule has 0 bridgehead atoms. The van der Waals surface area contributed by atoms with Crippen LogP contribution in [-0.4, -0.2) is 0 Å². The zero-order valence-electron chi connectivity index (χ0n) is 1.51. The van der Waals surface area contributed by atoms with Crippen molar-refractivity contribution in [2.24, 2.45) is 0 Å². The molecular formula is BrF3-3. The Hall–Kier alpha value is 0.270. The van der Waals surface area contributed by atoms with Crippen molar-refractivity contribution in [3.63, 3.8) is 0 Å². The van der Waals surface area contributed by atoms with Crippen LogP contribution in [0.4, 0.5) is 0 Å². The maximum atomic E-state index is 0. The van der Waals surface area contributed by atoms with Gasteiger partial charge in [-0.05, 0) is 0 Å². The Morgan fingerprint density at radius 3 is 0.500 bits per heavy atom. The number of halogens is 4. The molecule has 1 radical (unpaired) electrons. The molecular weight excluding hydrogens is 137 g/mol. The van der Waals surface area contributed by atoms with Gasteiger partial charge in [0, 0.05) is 17.0 Å². The molecule has 0 spiro atoms. The highest BCUT2D eigenvalue weighted by Gasteiger charge is 0.00000301. The van der Waals surface area contributed by atoms with Crippen molar-refractivity contribution in [3.05, 3.63) is 0 Å². The van der Waals surface area contributed by atoms with Crippen LogP contribution >= 0.6 is 17.0 Å². The van der Waals surface area contributed by atoms with Gasteiger partial charge in [-0.1, -0.05) is 0 Å². The highest BCUT2D eigenvalue weighted by Crippen LogP contribution is 0.846. The van der Waals surface area contributed by atoms with Gasteiger partial charge in [-0.25, -0.2) is 0 Å². The van der Waals surface area contributed by atoms with E-state index >= 15 is 0 Å². The lowest BCUT2D eigenvalue weighted by molar-refractivity contribution is -0.00100. The van der Waals surface area contributed by atoms with Crippen molar-refractivity contribution < 1.29 is 14.1 Å². The van der Waals surface area contributed by atoms with E-state index in [1.165, 1.54) is 0 Å². The van der Waals surface area contributed by atoms with Crippen LogP contribution < -0.4 is 14.1 Å². The van der Waals surface area contributed by atoms with Crippen molar-refractivity contribution in [1.29, 1.82) is 0 Å². The predicted molar refractivity (Wildman–Crippen MR) is 8.93 cm³/mol. The fourth-order valence-corrected chi connectivity index (χ4v) is 0. The predicted octanol–water partition coefficient (Wildman–Crippen LogP) is -8.14. The van der Waals surface area contributed by atoms with Crippen LogP contribution in [0.3, 0.4) is 0 Å². The molecule has 0 unspecified atom stereocenters. The normalized spacial score (nSPS) is 0. The molecule has 4 heteroatoms. The van der Waals surface area contributed by atoms with E-state index in [1.54, 1.807) is 0 Å². The molecule has 0 atom stereocenters. The molecule has 0 aliphatic rings. The molecule has 0 amide bonds. The minimum Gasteiger partial charge on any atom is -1.00 e. The minimum absolute atomic E-state index is 0. The summed E-state index contributed by atoms with van der Waals surface area (Å²) >= 11 is 0. The highest BCUT2D eigenvalue weighted by atomic mass is 79.9. The van der Waals surface area contributed by atoms with Gasteiger partial charge < -0.3 is 14.1 Å². The topological polar surface area (TPSA) is 0 Å². The lowest BCUT2D eigenvalue weighted by atomic mass is 19.0. The van der Waals surface area contributed by atoms with Crippen molar-refractivity contribution in [1.82, 2.24) is 0 Å². The second-order valence-corrected chi connectivity index (χ2v) is 0. The van der Waals surface area contributed by atoms with E-state index in [0.29, 0.717) is 0 Å².